The van der Waals surface area contributed by atoms with Crippen LogP contribution in [-0.4, -0.2) is 17.9 Å². The molecule has 1 aliphatic rings. The van der Waals surface area contributed by atoms with Crippen molar-refractivity contribution in [1.82, 2.24) is 0 Å². The van der Waals surface area contributed by atoms with Crippen molar-refractivity contribution in [3.8, 4) is 0 Å². The molecule has 12 heavy (non-hydrogen) atoms. The second-order valence-electron chi connectivity index (χ2n) is 3.38. The lowest BCUT2D eigenvalue weighted by Gasteiger charge is -2.24. The minimum Gasteiger partial charge on any atom is -0.462 e. The lowest BCUT2D eigenvalue weighted by Crippen LogP contribution is -2.29. The van der Waals surface area contributed by atoms with Crippen LogP contribution in [-0.2, 0) is 14.3 Å². The van der Waals surface area contributed by atoms with E-state index >= 15 is 0 Å². The summed E-state index contributed by atoms with van der Waals surface area (Å²) in [5.41, 5.74) is 0. The maximum Gasteiger partial charge on any atom is 0.302 e. The Balaban J connectivity index is 2.40. The molecular formula is C9H14O3. The number of Topliss-reactive ketones (excluding diaryl/α,β-unsaturated/α-hetero) is 1. The third-order valence-corrected chi connectivity index (χ3v) is 2.23. The Morgan fingerprint density at radius 3 is 2.67 bits per heavy atom. The zero-order valence-corrected chi connectivity index (χ0v) is 7.50. The van der Waals surface area contributed by atoms with E-state index < -0.39 is 0 Å². The van der Waals surface area contributed by atoms with E-state index in [0.717, 1.165) is 12.8 Å². The molecule has 3 nitrogen and oxygen atoms in total. The quantitative estimate of drug-likeness (QED) is 0.557. The summed E-state index contributed by atoms with van der Waals surface area (Å²) >= 11 is 0. The van der Waals surface area contributed by atoms with Gasteiger partial charge in [-0.05, 0) is 12.8 Å². The van der Waals surface area contributed by atoms with Gasteiger partial charge in [-0.15, -0.1) is 0 Å². The molecule has 0 bridgehead atoms. The molecule has 68 valence electrons. The fourth-order valence-corrected chi connectivity index (χ4v) is 1.46. The van der Waals surface area contributed by atoms with Gasteiger partial charge in [0.05, 0.1) is 0 Å². The molecule has 0 amide bonds. The monoisotopic (exact) mass is 170 g/mol. The molecule has 1 saturated carbocycles. The molecule has 0 aromatic heterocycles. The van der Waals surface area contributed by atoms with Crippen molar-refractivity contribution in [1.29, 1.82) is 0 Å². The van der Waals surface area contributed by atoms with Crippen molar-refractivity contribution >= 4 is 11.8 Å². The summed E-state index contributed by atoms with van der Waals surface area (Å²) in [6, 6.07) is 0. The number of ether oxygens (including phenoxy) is 1. The molecule has 0 aromatic rings. The Kier molecular flexibility index (Phi) is 2.84. The van der Waals surface area contributed by atoms with Gasteiger partial charge in [0, 0.05) is 19.3 Å². The molecule has 1 fully saturated rings. The summed E-state index contributed by atoms with van der Waals surface area (Å²) in [5, 5.41) is 0. The van der Waals surface area contributed by atoms with Gasteiger partial charge in [-0.2, -0.15) is 0 Å². The molecular weight excluding hydrogens is 156 g/mol. The molecule has 0 radical (unpaired) electrons. The Hall–Kier alpha value is -0.860. The first-order chi connectivity index (χ1) is 5.59. The fraction of sp³-hybridized carbons (Fsp3) is 0.778. The van der Waals surface area contributed by atoms with Gasteiger partial charge in [-0.3, -0.25) is 9.59 Å². The van der Waals surface area contributed by atoms with Gasteiger partial charge in [-0.25, -0.2) is 0 Å². The Morgan fingerprint density at radius 2 is 2.17 bits per heavy atom. The maximum atomic E-state index is 11.2. The summed E-state index contributed by atoms with van der Waals surface area (Å²) in [6.45, 7) is 3.30. The van der Waals surface area contributed by atoms with Gasteiger partial charge in [0.2, 0.25) is 0 Å². The Labute approximate surface area is 72.1 Å². The number of carbonyl (C=O) groups is 2. The largest absolute Gasteiger partial charge is 0.462 e. The smallest absolute Gasteiger partial charge is 0.302 e. The summed E-state index contributed by atoms with van der Waals surface area (Å²) in [5.74, 6) is 0.0756. The van der Waals surface area contributed by atoms with Crippen molar-refractivity contribution in [2.24, 2.45) is 5.92 Å². The third-order valence-electron chi connectivity index (χ3n) is 2.23. The maximum absolute atomic E-state index is 11.2. The standard InChI is InChI=1S/C9H14O3/c1-6-3-4-8(5-9(6)11)12-7(2)10/h6,8H,3-5H2,1-2H3. The fourth-order valence-electron chi connectivity index (χ4n) is 1.46. The predicted octanol–water partition coefficient (Wildman–Crippen LogP) is 1.31. The van der Waals surface area contributed by atoms with Crippen LogP contribution in [0.3, 0.4) is 0 Å². The first-order valence-corrected chi connectivity index (χ1v) is 4.29. The number of carbonyl (C=O) groups excluding carboxylic acids is 2. The van der Waals surface area contributed by atoms with Crippen molar-refractivity contribution < 1.29 is 14.3 Å². The summed E-state index contributed by atoms with van der Waals surface area (Å²) < 4.78 is 4.95. The van der Waals surface area contributed by atoms with E-state index in [1.165, 1.54) is 6.92 Å². The number of esters is 1. The number of ketones is 1. The molecule has 0 saturated heterocycles. The van der Waals surface area contributed by atoms with Crippen LogP contribution in [0.2, 0.25) is 0 Å². The van der Waals surface area contributed by atoms with Crippen LogP contribution >= 0.6 is 0 Å². The highest BCUT2D eigenvalue weighted by atomic mass is 16.5. The Bertz CT molecular complexity index is 198. The minimum atomic E-state index is -0.289. The number of rotatable bonds is 1. The molecule has 0 spiro atoms. The third kappa shape index (κ3) is 2.32. The zero-order chi connectivity index (χ0) is 9.14. The predicted molar refractivity (Wildman–Crippen MR) is 43.6 cm³/mol. The van der Waals surface area contributed by atoms with E-state index in [0.29, 0.717) is 6.42 Å². The van der Waals surface area contributed by atoms with Crippen LogP contribution < -0.4 is 0 Å². The molecule has 0 heterocycles. The van der Waals surface area contributed by atoms with Crippen LogP contribution in [0.1, 0.15) is 33.1 Å². The zero-order valence-electron chi connectivity index (χ0n) is 7.50. The lowest BCUT2D eigenvalue weighted by molar-refractivity contribution is -0.150. The summed E-state index contributed by atoms with van der Waals surface area (Å²) in [6.07, 6.45) is 1.91. The molecule has 2 unspecified atom stereocenters. The second-order valence-corrected chi connectivity index (χ2v) is 3.38. The van der Waals surface area contributed by atoms with Gasteiger partial charge >= 0.3 is 5.97 Å². The van der Waals surface area contributed by atoms with E-state index in [4.69, 9.17) is 4.74 Å². The topological polar surface area (TPSA) is 43.4 Å². The van der Waals surface area contributed by atoms with Crippen LogP contribution in [0.4, 0.5) is 0 Å². The van der Waals surface area contributed by atoms with Crippen LogP contribution in [0.15, 0.2) is 0 Å². The van der Waals surface area contributed by atoms with E-state index in [2.05, 4.69) is 0 Å². The molecule has 1 rings (SSSR count). The van der Waals surface area contributed by atoms with Crippen LogP contribution in [0.5, 0.6) is 0 Å². The van der Waals surface area contributed by atoms with E-state index in [-0.39, 0.29) is 23.8 Å². The number of hydrogen-bond acceptors (Lipinski definition) is 3. The van der Waals surface area contributed by atoms with Gasteiger partial charge < -0.3 is 4.74 Å². The van der Waals surface area contributed by atoms with Crippen molar-refractivity contribution in [2.75, 3.05) is 0 Å². The minimum absolute atomic E-state index is 0.150. The van der Waals surface area contributed by atoms with Gasteiger partial charge in [-0.1, -0.05) is 6.92 Å². The highest BCUT2D eigenvalue weighted by Gasteiger charge is 2.26. The van der Waals surface area contributed by atoms with E-state index in [1.54, 1.807) is 0 Å². The van der Waals surface area contributed by atoms with Gasteiger partial charge in [0.15, 0.2) is 0 Å². The molecule has 0 aliphatic heterocycles. The van der Waals surface area contributed by atoms with Crippen LogP contribution in [0.25, 0.3) is 0 Å². The Morgan fingerprint density at radius 1 is 1.50 bits per heavy atom. The molecule has 1 aliphatic carbocycles. The highest BCUT2D eigenvalue weighted by Crippen LogP contribution is 2.22. The van der Waals surface area contributed by atoms with Crippen molar-refractivity contribution in [2.45, 2.75) is 39.2 Å². The number of hydrogen-bond donors (Lipinski definition) is 0. The first kappa shape index (κ1) is 9.23. The average Bonchev–Trinajstić information content (AvgIpc) is 1.96. The van der Waals surface area contributed by atoms with Gasteiger partial charge in [0.1, 0.15) is 11.9 Å². The highest BCUT2D eigenvalue weighted by molar-refractivity contribution is 5.82. The first-order valence-electron chi connectivity index (χ1n) is 4.29. The normalized spacial score (nSPS) is 30.0. The SMILES string of the molecule is CC(=O)OC1CCC(C)C(=O)C1. The second kappa shape index (κ2) is 3.70. The summed E-state index contributed by atoms with van der Waals surface area (Å²) in [7, 11) is 0. The molecule has 3 heteroatoms. The van der Waals surface area contributed by atoms with Crippen molar-refractivity contribution in [3.63, 3.8) is 0 Å². The molecule has 0 aromatic carbocycles. The molecule has 2 atom stereocenters. The van der Waals surface area contributed by atoms with E-state index in [9.17, 15) is 9.59 Å². The van der Waals surface area contributed by atoms with Crippen LogP contribution in [0, 0.1) is 5.92 Å². The van der Waals surface area contributed by atoms with E-state index in [1.807, 2.05) is 6.92 Å². The van der Waals surface area contributed by atoms with Crippen molar-refractivity contribution in [3.05, 3.63) is 0 Å². The van der Waals surface area contributed by atoms with Gasteiger partial charge in [0.25, 0.3) is 0 Å². The lowest BCUT2D eigenvalue weighted by atomic mass is 9.87. The summed E-state index contributed by atoms with van der Waals surface area (Å²) in [4.78, 5) is 21.8. The average molecular weight is 170 g/mol. The molecule has 0 N–H and O–H groups in total.